The van der Waals surface area contributed by atoms with Crippen LogP contribution in [0.3, 0.4) is 0 Å². The van der Waals surface area contributed by atoms with Gasteiger partial charge in [0.05, 0.1) is 0 Å². The number of benzene rings is 2. The lowest BCUT2D eigenvalue weighted by molar-refractivity contribution is 0.475. The van der Waals surface area contributed by atoms with E-state index in [1.807, 2.05) is 36.4 Å². The Bertz CT molecular complexity index is 515. The first-order valence-corrected chi connectivity index (χ1v) is 5.12. The molecule has 0 unspecified atom stereocenters. The van der Waals surface area contributed by atoms with E-state index in [9.17, 15) is 5.11 Å². The molecule has 0 bridgehead atoms. The highest BCUT2D eigenvalue weighted by atomic mass is 16.3. The van der Waals surface area contributed by atoms with Crippen molar-refractivity contribution in [2.75, 3.05) is 0 Å². The highest BCUT2D eigenvalue weighted by molar-refractivity contribution is 5.97. The third-order valence-electron chi connectivity index (χ3n) is 2.50. The number of rotatable bonds is 2. The van der Waals surface area contributed by atoms with Gasteiger partial charge in [0.1, 0.15) is 5.75 Å². The molecule has 16 heavy (non-hydrogen) atoms. The number of phenols is 1. The summed E-state index contributed by atoms with van der Waals surface area (Å²) in [6.07, 6.45) is 0. The third-order valence-corrected chi connectivity index (χ3v) is 2.50. The van der Waals surface area contributed by atoms with Gasteiger partial charge in [-0.05, 0) is 41.8 Å². The van der Waals surface area contributed by atoms with Crippen molar-refractivity contribution >= 4 is 5.71 Å². The summed E-state index contributed by atoms with van der Waals surface area (Å²) in [5, 5.41) is 16.8. The fraction of sp³-hybridized carbons (Fsp3) is 0.0714. The van der Waals surface area contributed by atoms with E-state index >= 15 is 0 Å². The molecule has 0 aromatic heterocycles. The van der Waals surface area contributed by atoms with Gasteiger partial charge < -0.3 is 10.5 Å². The molecule has 2 nitrogen and oxygen atoms in total. The first-order valence-electron chi connectivity index (χ1n) is 5.12. The molecule has 2 rings (SSSR count). The van der Waals surface area contributed by atoms with Crippen LogP contribution < -0.4 is 0 Å². The van der Waals surface area contributed by atoms with Gasteiger partial charge in [0, 0.05) is 5.71 Å². The second kappa shape index (κ2) is 4.19. The average molecular weight is 211 g/mol. The van der Waals surface area contributed by atoms with Gasteiger partial charge in [-0.1, -0.05) is 30.3 Å². The van der Waals surface area contributed by atoms with E-state index in [-0.39, 0.29) is 5.75 Å². The molecule has 0 heterocycles. The van der Waals surface area contributed by atoms with Crippen LogP contribution in [-0.2, 0) is 0 Å². The molecule has 0 amide bonds. The molecule has 2 aromatic rings. The molecular formula is C14H13NO. The van der Waals surface area contributed by atoms with Gasteiger partial charge in [0.15, 0.2) is 0 Å². The van der Waals surface area contributed by atoms with E-state index in [1.54, 1.807) is 19.1 Å². The van der Waals surface area contributed by atoms with Crippen molar-refractivity contribution in [1.82, 2.24) is 0 Å². The second-order valence-corrected chi connectivity index (χ2v) is 3.75. The molecule has 0 aliphatic heterocycles. The minimum Gasteiger partial charge on any atom is -0.508 e. The Morgan fingerprint density at radius 3 is 2.31 bits per heavy atom. The summed E-state index contributed by atoms with van der Waals surface area (Å²) >= 11 is 0. The normalized spacial score (nSPS) is 10.1. The van der Waals surface area contributed by atoms with Crippen LogP contribution in [0.25, 0.3) is 11.1 Å². The molecule has 0 atom stereocenters. The van der Waals surface area contributed by atoms with E-state index in [2.05, 4.69) is 0 Å². The topological polar surface area (TPSA) is 44.1 Å². The van der Waals surface area contributed by atoms with E-state index in [4.69, 9.17) is 5.41 Å². The van der Waals surface area contributed by atoms with Crippen LogP contribution in [0.2, 0.25) is 0 Å². The van der Waals surface area contributed by atoms with Crippen LogP contribution in [0.4, 0.5) is 0 Å². The Balaban J connectivity index is 2.44. The van der Waals surface area contributed by atoms with Crippen molar-refractivity contribution in [3.63, 3.8) is 0 Å². The summed E-state index contributed by atoms with van der Waals surface area (Å²) in [6.45, 7) is 1.77. The molecule has 2 heteroatoms. The molecular weight excluding hydrogens is 198 g/mol. The molecule has 0 aliphatic carbocycles. The zero-order valence-electron chi connectivity index (χ0n) is 9.07. The van der Waals surface area contributed by atoms with Crippen LogP contribution >= 0.6 is 0 Å². The Hall–Kier alpha value is -2.09. The largest absolute Gasteiger partial charge is 0.508 e. The predicted octanol–water partition coefficient (Wildman–Crippen LogP) is 3.45. The highest BCUT2D eigenvalue weighted by Gasteiger charge is 2.00. The predicted molar refractivity (Wildman–Crippen MR) is 66.0 cm³/mol. The van der Waals surface area contributed by atoms with Crippen LogP contribution in [0.1, 0.15) is 12.5 Å². The summed E-state index contributed by atoms with van der Waals surface area (Å²) in [5.41, 5.74) is 3.58. The lowest BCUT2D eigenvalue weighted by atomic mass is 10.0. The van der Waals surface area contributed by atoms with Crippen LogP contribution in [0, 0.1) is 5.41 Å². The number of aromatic hydroxyl groups is 1. The lowest BCUT2D eigenvalue weighted by Crippen LogP contribution is -1.91. The number of hydrogen-bond acceptors (Lipinski definition) is 2. The van der Waals surface area contributed by atoms with E-state index in [1.165, 1.54) is 0 Å². The van der Waals surface area contributed by atoms with Gasteiger partial charge in [-0.15, -0.1) is 0 Å². The Morgan fingerprint density at radius 2 is 1.69 bits per heavy atom. The molecule has 0 saturated carbocycles. The van der Waals surface area contributed by atoms with E-state index < -0.39 is 0 Å². The Labute approximate surface area is 94.7 Å². The van der Waals surface area contributed by atoms with E-state index in [0.29, 0.717) is 5.71 Å². The van der Waals surface area contributed by atoms with Crippen molar-refractivity contribution in [3.05, 3.63) is 54.1 Å². The Morgan fingerprint density at radius 1 is 1.00 bits per heavy atom. The van der Waals surface area contributed by atoms with Gasteiger partial charge in [0.25, 0.3) is 0 Å². The molecule has 0 fully saturated rings. The molecule has 0 saturated heterocycles. The number of phenolic OH excluding ortho intramolecular Hbond substituents is 1. The van der Waals surface area contributed by atoms with E-state index in [0.717, 1.165) is 16.7 Å². The monoisotopic (exact) mass is 211 g/mol. The Kier molecular flexibility index (Phi) is 2.73. The fourth-order valence-corrected chi connectivity index (χ4v) is 1.59. The first-order chi connectivity index (χ1) is 7.66. The molecule has 2 N–H and O–H groups in total. The van der Waals surface area contributed by atoms with Crippen molar-refractivity contribution in [2.45, 2.75) is 6.92 Å². The zero-order valence-corrected chi connectivity index (χ0v) is 9.07. The zero-order chi connectivity index (χ0) is 11.5. The molecule has 0 aliphatic rings. The van der Waals surface area contributed by atoms with Gasteiger partial charge >= 0.3 is 0 Å². The maximum Gasteiger partial charge on any atom is 0.115 e. The SMILES string of the molecule is CC(=N)c1cccc(-c2ccc(O)cc2)c1. The fourth-order valence-electron chi connectivity index (χ4n) is 1.59. The quantitative estimate of drug-likeness (QED) is 0.734. The standard InChI is InChI=1S/C14H13NO/c1-10(15)12-3-2-4-13(9-12)11-5-7-14(16)8-6-11/h2-9,15-16H,1H3. The first kappa shape index (κ1) is 10.4. The molecule has 80 valence electrons. The maximum absolute atomic E-state index is 9.21. The van der Waals surface area contributed by atoms with Crippen molar-refractivity contribution in [1.29, 1.82) is 5.41 Å². The van der Waals surface area contributed by atoms with Crippen molar-refractivity contribution in [3.8, 4) is 16.9 Å². The minimum atomic E-state index is 0.267. The molecule has 0 spiro atoms. The molecule has 2 aromatic carbocycles. The summed E-state index contributed by atoms with van der Waals surface area (Å²) in [4.78, 5) is 0. The maximum atomic E-state index is 9.21. The third kappa shape index (κ3) is 2.11. The van der Waals surface area contributed by atoms with Crippen molar-refractivity contribution in [2.24, 2.45) is 0 Å². The second-order valence-electron chi connectivity index (χ2n) is 3.75. The van der Waals surface area contributed by atoms with Gasteiger partial charge in [-0.2, -0.15) is 0 Å². The van der Waals surface area contributed by atoms with Crippen LogP contribution in [0.5, 0.6) is 5.75 Å². The minimum absolute atomic E-state index is 0.267. The highest BCUT2D eigenvalue weighted by Crippen LogP contribution is 2.22. The summed E-state index contributed by atoms with van der Waals surface area (Å²) < 4.78 is 0. The van der Waals surface area contributed by atoms with Crippen LogP contribution in [0.15, 0.2) is 48.5 Å². The van der Waals surface area contributed by atoms with Crippen molar-refractivity contribution < 1.29 is 5.11 Å². The smallest absolute Gasteiger partial charge is 0.115 e. The van der Waals surface area contributed by atoms with Gasteiger partial charge in [0.2, 0.25) is 0 Å². The lowest BCUT2D eigenvalue weighted by Gasteiger charge is -2.04. The summed E-state index contributed by atoms with van der Waals surface area (Å²) in [7, 11) is 0. The number of hydrogen-bond donors (Lipinski definition) is 2. The molecule has 0 radical (unpaired) electrons. The summed E-state index contributed by atoms with van der Waals surface area (Å²) in [6, 6.07) is 14.9. The number of nitrogens with one attached hydrogen (secondary N) is 1. The average Bonchev–Trinajstić information content (AvgIpc) is 2.30. The summed E-state index contributed by atoms with van der Waals surface area (Å²) in [5.74, 6) is 0.267. The van der Waals surface area contributed by atoms with Crippen LogP contribution in [-0.4, -0.2) is 10.8 Å². The van der Waals surface area contributed by atoms with Gasteiger partial charge in [-0.25, -0.2) is 0 Å². The van der Waals surface area contributed by atoms with Gasteiger partial charge in [-0.3, -0.25) is 0 Å².